The molecule has 33 heavy (non-hydrogen) atoms. The second-order valence-corrected chi connectivity index (χ2v) is 7.97. The summed E-state index contributed by atoms with van der Waals surface area (Å²) in [5.74, 6) is -0.0853. The highest BCUT2D eigenvalue weighted by molar-refractivity contribution is 6.01. The zero-order chi connectivity index (χ0) is 23.4. The van der Waals surface area contributed by atoms with Crippen molar-refractivity contribution in [3.8, 4) is 0 Å². The van der Waals surface area contributed by atoms with Crippen LogP contribution in [0.25, 0.3) is 0 Å². The number of hydrogen-bond acceptors (Lipinski definition) is 6. The number of carbonyl (C=O) groups excluding carboxylic acids is 2. The van der Waals surface area contributed by atoms with Gasteiger partial charge in [0.1, 0.15) is 5.69 Å². The third-order valence-corrected chi connectivity index (χ3v) is 5.79. The fraction of sp³-hybridized carbons (Fsp3) is 0.435. The summed E-state index contributed by atoms with van der Waals surface area (Å²) in [6.07, 6.45) is 0.749. The highest BCUT2D eigenvalue weighted by atomic mass is 16.5. The molecule has 3 heterocycles. The van der Waals surface area contributed by atoms with Crippen molar-refractivity contribution in [2.45, 2.75) is 59.0 Å². The second-order valence-electron chi connectivity index (χ2n) is 7.97. The van der Waals surface area contributed by atoms with Gasteiger partial charge < -0.3 is 19.9 Å². The van der Waals surface area contributed by atoms with Crippen LogP contribution in [0.3, 0.4) is 0 Å². The van der Waals surface area contributed by atoms with Gasteiger partial charge in [-0.25, -0.2) is 0 Å². The van der Waals surface area contributed by atoms with Gasteiger partial charge in [-0.2, -0.15) is 4.80 Å². The normalized spacial score (nSPS) is 14.9. The molecule has 4 rings (SSSR count). The Morgan fingerprint density at radius 2 is 1.94 bits per heavy atom. The lowest BCUT2D eigenvalue weighted by atomic mass is 10.0. The smallest absolute Gasteiger partial charge is 0.268 e. The van der Waals surface area contributed by atoms with Crippen molar-refractivity contribution in [3.63, 3.8) is 0 Å². The maximum absolute atomic E-state index is 13.2. The molecule has 3 aromatic rings. The van der Waals surface area contributed by atoms with Crippen LogP contribution in [0, 0.1) is 0 Å². The molecule has 2 aromatic heterocycles. The van der Waals surface area contributed by atoms with Crippen molar-refractivity contribution in [1.29, 1.82) is 0 Å². The van der Waals surface area contributed by atoms with Gasteiger partial charge in [0.2, 0.25) is 0 Å². The largest absolute Gasteiger partial charge is 0.373 e. The van der Waals surface area contributed by atoms with E-state index in [4.69, 9.17) is 4.74 Å². The third-order valence-electron chi connectivity index (χ3n) is 5.79. The molecule has 0 saturated heterocycles. The Kier molecular flexibility index (Phi) is 6.83. The number of nitrogens with zero attached hydrogens (tertiary/aromatic N) is 5. The van der Waals surface area contributed by atoms with Crippen LogP contribution in [-0.4, -0.2) is 43.2 Å². The molecule has 2 N–H and O–H groups in total. The van der Waals surface area contributed by atoms with Crippen molar-refractivity contribution in [2.24, 2.45) is 0 Å². The van der Waals surface area contributed by atoms with Crippen molar-refractivity contribution in [2.75, 3.05) is 6.61 Å². The molecular weight excluding hydrogens is 422 g/mol. The first-order chi connectivity index (χ1) is 16.0. The highest BCUT2D eigenvalue weighted by Crippen LogP contribution is 2.24. The fourth-order valence-electron chi connectivity index (χ4n) is 3.95. The molecule has 1 aliphatic heterocycles. The number of aryl methyl sites for hydroxylation is 1. The van der Waals surface area contributed by atoms with E-state index >= 15 is 0 Å². The lowest BCUT2D eigenvalue weighted by molar-refractivity contribution is 0.0774. The predicted molar refractivity (Wildman–Crippen MR) is 120 cm³/mol. The zero-order valence-electron chi connectivity index (χ0n) is 19.1. The summed E-state index contributed by atoms with van der Waals surface area (Å²) in [6.45, 7) is 7.60. The Balaban J connectivity index is 1.56. The SMILES string of the molecule is CCC(NC(=O)c1cc(C(=O)NC(C)c2nnn(CC)n2)n2c1COCC2)c1ccccc1. The summed E-state index contributed by atoms with van der Waals surface area (Å²) in [5, 5.41) is 18.2. The van der Waals surface area contributed by atoms with Crippen molar-refractivity contribution >= 4 is 11.8 Å². The molecule has 1 aliphatic rings. The number of tetrazole rings is 1. The molecule has 0 spiro atoms. The van der Waals surface area contributed by atoms with Gasteiger partial charge in [0, 0.05) is 6.54 Å². The molecule has 1 aromatic carbocycles. The van der Waals surface area contributed by atoms with Crippen LogP contribution in [0.2, 0.25) is 0 Å². The summed E-state index contributed by atoms with van der Waals surface area (Å²) in [6, 6.07) is 10.9. The Morgan fingerprint density at radius 1 is 1.15 bits per heavy atom. The van der Waals surface area contributed by atoms with Gasteiger partial charge in [0.15, 0.2) is 5.82 Å². The number of rotatable bonds is 8. The number of benzene rings is 1. The summed E-state index contributed by atoms with van der Waals surface area (Å²) >= 11 is 0. The maximum atomic E-state index is 13.2. The number of amides is 2. The van der Waals surface area contributed by atoms with E-state index in [1.54, 1.807) is 13.0 Å². The first-order valence-electron chi connectivity index (χ1n) is 11.3. The van der Waals surface area contributed by atoms with E-state index < -0.39 is 6.04 Å². The first kappa shape index (κ1) is 22.7. The van der Waals surface area contributed by atoms with Gasteiger partial charge in [-0.3, -0.25) is 9.59 Å². The van der Waals surface area contributed by atoms with E-state index in [-0.39, 0.29) is 24.5 Å². The highest BCUT2D eigenvalue weighted by Gasteiger charge is 2.28. The summed E-state index contributed by atoms with van der Waals surface area (Å²) < 4.78 is 7.46. The van der Waals surface area contributed by atoms with Crippen molar-refractivity contribution < 1.29 is 14.3 Å². The van der Waals surface area contributed by atoms with Crippen LogP contribution < -0.4 is 10.6 Å². The fourth-order valence-corrected chi connectivity index (χ4v) is 3.95. The van der Waals surface area contributed by atoms with E-state index in [1.807, 2.05) is 48.7 Å². The summed E-state index contributed by atoms with van der Waals surface area (Å²) in [4.78, 5) is 27.8. The molecule has 2 atom stereocenters. The lowest BCUT2D eigenvalue weighted by Crippen LogP contribution is -2.31. The van der Waals surface area contributed by atoms with Crippen LogP contribution in [0.1, 0.15) is 77.2 Å². The topological polar surface area (TPSA) is 116 Å². The Bertz CT molecular complexity index is 1120. The molecule has 0 saturated carbocycles. The van der Waals surface area contributed by atoms with Gasteiger partial charge in [-0.15, -0.1) is 10.2 Å². The maximum Gasteiger partial charge on any atom is 0.268 e. The van der Waals surface area contributed by atoms with E-state index in [0.717, 1.165) is 12.0 Å². The molecule has 2 unspecified atom stereocenters. The van der Waals surface area contributed by atoms with E-state index in [2.05, 4.69) is 26.0 Å². The van der Waals surface area contributed by atoms with Crippen LogP contribution in [0.15, 0.2) is 36.4 Å². The number of hydrogen-bond donors (Lipinski definition) is 2. The standard InChI is InChI=1S/C23H29N7O3/c1-4-18(16-9-7-6-8-10-16)25-22(31)17-13-19(29-11-12-33-14-20(17)29)23(32)24-15(3)21-26-28-30(5-2)27-21/h6-10,13,15,18H,4-5,11-12,14H2,1-3H3,(H,24,32)(H,25,31). The number of fused-ring (bicyclic) bond motifs is 1. The van der Waals surface area contributed by atoms with Crippen molar-refractivity contribution in [1.82, 2.24) is 35.4 Å². The summed E-state index contributed by atoms with van der Waals surface area (Å²) in [7, 11) is 0. The Morgan fingerprint density at radius 3 is 2.64 bits per heavy atom. The van der Waals surface area contributed by atoms with Crippen molar-refractivity contribution in [3.05, 3.63) is 64.7 Å². The number of aromatic nitrogens is 5. The number of carbonyl (C=O) groups is 2. The van der Waals surface area contributed by atoms with Gasteiger partial charge in [-0.1, -0.05) is 37.3 Å². The zero-order valence-corrected chi connectivity index (χ0v) is 19.1. The molecular formula is C23H29N7O3. The average molecular weight is 452 g/mol. The molecule has 174 valence electrons. The Hall–Kier alpha value is -3.53. The minimum Gasteiger partial charge on any atom is -0.373 e. The van der Waals surface area contributed by atoms with Gasteiger partial charge in [0.25, 0.3) is 11.8 Å². The van der Waals surface area contributed by atoms with E-state index in [0.29, 0.717) is 42.5 Å². The lowest BCUT2D eigenvalue weighted by Gasteiger charge is -2.21. The first-order valence-corrected chi connectivity index (χ1v) is 11.3. The molecule has 10 heteroatoms. The molecule has 0 bridgehead atoms. The molecule has 0 radical (unpaired) electrons. The minimum absolute atomic E-state index is 0.122. The minimum atomic E-state index is -0.427. The van der Waals surface area contributed by atoms with Gasteiger partial charge in [0.05, 0.1) is 43.1 Å². The van der Waals surface area contributed by atoms with Crippen LogP contribution >= 0.6 is 0 Å². The monoisotopic (exact) mass is 451 g/mol. The van der Waals surface area contributed by atoms with E-state index in [1.165, 1.54) is 4.80 Å². The van der Waals surface area contributed by atoms with Crippen LogP contribution in [-0.2, 0) is 24.4 Å². The van der Waals surface area contributed by atoms with Crippen LogP contribution in [0.4, 0.5) is 0 Å². The van der Waals surface area contributed by atoms with Gasteiger partial charge >= 0.3 is 0 Å². The number of ether oxygens (including phenoxy) is 1. The number of nitrogens with one attached hydrogen (secondary N) is 2. The predicted octanol–water partition coefficient (Wildman–Crippen LogP) is 2.40. The molecule has 2 amide bonds. The quantitative estimate of drug-likeness (QED) is 0.543. The Labute approximate surface area is 192 Å². The van der Waals surface area contributed by atoms with Crippen LogP contribution in [0.5, 0.6) is 0 Å². The second kappa shape index (κ2) is 9.95. The third kappa shape index (κ3) is 4.80. The summed E-state index contributed by atoms with van der Waals surface area (Å²) in [5.41, 5.74) is 2.62. The van der Waals surface area contributed by atoms with Gasteiger partial charge in [-0.05, 0) is 37.1 Å². The molecule has 0 fully saturated rings. The molecule has 10 nitrogen and oxygen atoms in total. The molecule has 0 aliphatic carbocycles. The average Bonchev–Trinajstić information content (AvgIpc) is 3.48. The van der Waals surface area contributed by atoms with E-state index in [9.17, 15) is 9.59 Å².